The Hall–Kier alpha value is -1.75. The van der Waals surface area contributed by atoms with Gasteiger partial charge in [-0.15, -0.1) is 0 Å². The van der Waals surface area contributed by atoms with Gasteiger partial charge in [-0.25, -0.2) is 14.4 Å². The summed E-state index contributed by atoms with van der Waals surface area (Å²) in [5.74, 6) is 0.846. The number of hydrogen-bond acceptors (Lipinski definition) is 4. The van der Waals surface area contributed by atoms with Gasteiger partial charge >= 0.3 is 0 Å². The Morgan fingerprint density at radius 3 is 2.77 bits per heavy atom. The highest BCUT2D eigenvalue weighted by Crippen LogP contribution is 2.29. The molecule has 2 N–H and O–H groups in total. The van der Waals surface area contributed by atoms with Gasteiger partial charge < -0.3 is 10.5 Å². The second-order valence-corrected chi connectivity index (χ2v) is 6.13. The van der Waals surface area contributed by atoms with Gasteiger partial charge in [-0.05, 0) is 56.6 Å². The van der Waals surface area contributed by atoms with Crippen LogP contribution in [-0.4, -0.2) is 23.1 Å². The fourth-order valence-electron chi connectivity index (χ4n) is 3.25. The van der Waals surface area contributed by atoms with Crippen LogP contribution in [0.4, 0.5) is 4.39 Å². The highest BCUT2D eigenvalue weighted by Gasteiger charge is 2.20. The predicted octanol–water partition coefficient (Wildman–Crippen LogP) is 3.23. The summed E-state index contributed by atoms with van der Waals surface area (Å²) < 4.78 is 19.4. The third-order valence-corrected chi connectivity index (χ3v) is 4.64. The van der Waals surface area contributed by atoms with Crippen molar-refractivity contribution in [3.8, 4) is 5.88 Å². The average Bonchev–Trinajstić information content (AvgIpc) is 2.55. The van der Waals surface area contributed by atoms with E-state index in [-0.39, 0.29) is 5.82 Å². The van der Waals surface area contributed by atoms with Crippen molar-refractivity contribution < 1.29 is 9.13 Å². The fourth-order valence-corrected chi connectivity index (χ4v) is 3.25. The summed E-state index contributed by atoms with van der Waals surface area (Å²) in [5.41, 5.74) is 7.92. The van der Waals surface area contributed by atoms with Crippen molar-refractivity contribution in [2.75, 3.05) is 7.11 Å². The van der Waals surface area contributed by atoms with Crippen molar-refractivity contribution in [1.29, 1.82) is 0 Å². The van der Waals surface area contributed by atoms with E-state index in [1.54, 1.807) is 19.4 Å². The number of fused-ring (bicyclic) bond motifs is 1. The van der Waals surface area contributed by atoms with Crippen LogP contribution in [0.1, 0.15) is 37.7 Å². The van der Waals surface area contributed by atoms with Gasteiger partial charge in [-0.2, -0.15) is 0 Å². The molecule has 1 aliphatic rings. The average molecular weight is 303 g/mol. The number of aromatic nitrogens is 2. The van der Waals surface area contributed by atoms with Gasteiger partial charge in [0.05, 0.1) is 24.3 Å². The van der Waals surface area contributed by atoms with Crippen LogP contribution in [0.2, 0.25) is 0 Å². The molecule has 5 heteroatoms. The molecule has 3 rings (SSSR count). The Balaban J connectivity index is 1.81. The molecule has 0 radical (unpaired) electrons. The lowest BCUT2D eigenvalue weighted by atomic mass is 9.83. The van der Waals surface area contributed by atoms with Gasteiger partial charge in [0.1, 0.15) is 5.82 Å². The van der Waals surface area contributed by atoms with Crippen molar-refractivity contribution >= 4 is 11.0 Å². The molecule has 2 aromatic rings. The van der Waals surface area contributed by atoms with Crippen LogP contribution in [-0.2, 0) is 6.42 Å². The molecule has 0 aliphatic heterocycles. The minimum Gasteiger partial charge on any atom is -0.480 e. The van der Waals surface area contributed by atoms with Crippen LogP contribution in [0.15, 0.2) is 18.3 Å². The maximum Gasteiger partial charge on any atom is 0.232 e. The zero-order chi connectivity index (χ0) is 15.5. The molecule has 1 aromatic heterocycles. The summed E-state index contributed by atoms with van der Waals surface area (Å²) in [4.78, 5) is 8.67. The lowest BCUT2D eigenvalue weighted by molar-refractivity contribution is 0.310. The molecule has 4 nitrogen and oxygen atoms in total. The Morgan fingerprint density at radius 1 is 1.27 bits per heavy atom. The van der Waals surface area contributed by atoms with Crippen LogP contribution >= 0.6 is 0 Å². The van der Waals surface area contributed by atoms with Crippen LogP contribution < -0.4 is 10.5 Å². The highest BCUT2D eigenvalue weighted by atomic mass is 19.1. The van der Waals surface area contributed by atoms with Crippen LogP contribution in [0.3, 0.4) is 0 Å². The molecule has 1 aliphatic carbocycles. The smallest absolute Gasteiger partial charge is 0.232 e. The van der Waals surface area contributed by atoms with Crippen molar-refractivity contribution in [1.82, 2.24) is 9.97 Å². The largest absolute Gasteiger partial charge is 0.480 e. The summed E-state index contributed by atoms with van der Waals surface area (Å²) >= 11 is 0. The standard InChI is InChI=1S/C17H22FN3O/c1-22-16-10-20-15-9-8-14(18)13(17(15)21-16)7-4-11-2-5-12(19)6-3-11/h8-12H,2-7,19H2,1H3. The van der Waals surface area contributed by atoms with Crippen molar-refractivity contribution in [3.05, 3.63) is 29.7 Å². The van der Waals surface area contributed by atoms with E-state index in [2.05, 4.69) is 9.97 Å². The first kappa shape index (κ1) is 15.2. The normalized spacial score (nSPS) is 22.0. The number of methoxy groups -OCH3 is 1. The highest BCUT2D eigenvalue weighted by molar-refractivity contribution is 5.78. The van der Waals surface area contributed by atoms with E-state index in [1.807, 2.05) is 0 Å². The quantitative estimate of drug-likeness (QED) is 0.942. The van der Waals surface area contributed by atoms with E-state index >= 15 is 0 Å². The minimum absolute atomic E-state index is 0.206. The third-order valence-electron chi connectivity index (χ3n) is 4.64. The number of benzene rings is 1. The molecule has 0 unspecified atom stereocenters. The lowest BCUT2D eigenvalue weighted by Gasteiger charge is -2.26. The van der Waals surface area contributed by atoms with Crippen LogP contribution in [0, 0.1) is 11.7 Å². The van der Waals surface area contributed by atoms with E-state index in [0.717, 1.165) is 32.1 Å². The zero-order valence-electron chi connectivity index (χ0n) is 12.9. The van der Waals surface area contributed by atoms with Gasteiger partial charge in [-0.1, -0.05) is 0 Å². The lowest BCUT2D eigenvalue weighted by Crippen LogP contribution is -2.26. The maximum absolute atomic E-state index is 14.2. The molecule has 0 atom stereocenters. The van der Waals surface area contributed by atoms with Crippen molar-refractivity contribution in [2.45, 2.75) is 44.6 Å². The SMILES string of the molecule is COc1cnc2ccc(F)c(CCC3CCC(N)CC3)c2n1. The molecule has 0 amide bonds. The summed E-state index contributed by atoms with van der Waals surface area (Å²) in [6.45, 7) is 0. The molecule has 0 bridgehead atoms. The number of rotatable bonds is 4. The Bertz CT molecular complexity index is 654. The summed E-state index contributed by atoms with van der Waals surface area (Å²) in [6, 6.07) is 3.50. The molecule has 0 spiro atoms. The second-order valence-electron chi connectivity index (χ2n) is 6.13. The number of nitrogens with two attached hydrogens (primary N) is 1. The molecule has 0 saturated heterocycles. The molecule has 118 valence electrons. The first-order valence-corrected chi connectivity index (χ1v) is 7.91. The van der Waals surface area contributed by atoms with E-state index < -0.39 is 0 Å². The van der Waals surface area contributed by atoms with Gasteiger partial charge in [0.15, 0.2) is 0 Å². The van der Waals surface area contributed by atoms with Crippen molar-refractivity contribution in [2.24, 2.45) is 11.7 Å². The summed E-state index contributed by atoms with van der Waals surface area (Å²) in [5, 5.41) is 0. The summed E-state index contributed by atoms with van der Waals surface area (Å²) in [7, 11) is 1.54. The van der Waals surface area contributed by atoms with E-state index in [4.69, 9.17) is 10.5 Å². The van der Waals surface area contributed by atoms with E-state index in [9.17, 15) is 4.39 Å². The van der Waals surface area contributed by atoms with E-state index in [0.29, 0.717) is 40.9 Å². The number of nitrogens with zero attached hydrogens (tertiary/aromatic N) is 2. The number of ether oxygens (including phenoxy) is 1. The molecule has 1 heterocycles. The zero-order valence-corrected chi connectivity index (χ0v) is 12.9. The predicted molar refractivity (Wildman–Crippen MR) is 84.3 cm³/mol. The molecule has 1 fully saturated rings. The number of aryl methyl sites for hydroxylation is 1. The number of hydrogen-bond donors (Lipinski definition) is 1. The van der Waals surface area contributed by atoms with Crippen LogP contribution in [0.25, 0.3) is 11.0 Å². The Morgan fingerprint density at radius 2 is 2.05 bits per heavy atom. The first-order chi connectivity index (χ1) is 10.7. The Labute approximate surface area is 129 Å². The molecular weight excluding hydrogens is 281 g/mol. The third kappa shape index (κ3) is 3.19. The monoisotopic (exact) mass is 303 g/mol. The van der Waals surface area contributed by atoms with Gasteiger partial charge in [0.25, 0.3) is 0 Å². The Kier molecular flexibility index (Phi) is 4.52. The van der Waals surface area contributed by atoms with Gasteiger partial charge in [0, 0.05) is 11.6 Å². The molecule has 1 saturated carbocycles. The molecular formula is C17H22FN3O. The first-order valence-electron chi connectivity index (χ1n) is 7.91. The number of halogens is 1. The van der Waals surface area contributed by atoms with Crippen molar-refractivity contribution in [3.63, 3.8) is 0 Å². The second kappa shape index (κ2) is 6.57. The molecule has 22 heavy (non-hydrogen) atoms. The van der Waals surface area contributed by atoms with Crippen LogP contribution in [0.5, 0.6) is 5.88 Å². The molecule has 1 aromatic carbocycles. The maximum atomic E-state index is 14.2. The van der Waals surface area contributed by atoms with Gasteiger partial charge in [-0.3, -0.25) is 0 Å². The van der Waals surface area contributed by atoms with Gasteiger partial charge in [0.2, 0.25) is 5.88 Å². The topological polar surface area (TPSA) is 61.0 Å². The van der Waals surface area contributed by atoms with E-state index in [1.165, 1.54) is 6.07 Å². The minimum atomic E-state index is -0.206. The fraction of sp³-hybridized carbons (Fsp3) is 0.529. The summed E-state index contributed by atoms with van der Waals surface area (Å²) in [6.07, 6.45) is 7.66.